The molecular weight excluding hydrogens is 148 g/mol. The summed E-state index contributed by atoms with van der Waals surface area (Å²) in [5, 5.41) is 0. The van der Waals surface area contributed by atoms with Crippen LogP contribution in [0.2, 0.25) is 0 Å². The number of ether oxygens (including phenoxy) is 1. The molecule has 1 heteroatoms. The van der Waals surface area contributed by atoms with Crippen molar-refractivity contribution in [2.45, 2.75) is 46.1 Å². The average Bonchev–Trinajstić information content (AvgIpc) is 2.78. The Bertz CT molecular complexity index is 131. The van der Waals surface area contributed by atoms with Crippen LogP contribution < -0.4 is 0 Å². The Morgan fingerprint density at radius 3 is 2.33 bits per heavy atom. The Kier molecular flexibility index (Phi) is 3.57. The van der Waals surface area contributed by atoms with Crippen molar-refractivity contribution >= 4 is 0 Å². The third-order valence-electron chi connectivity index (χ3n) is 3.17. The monoisotopic (exact) mass is 170 g/mol. The first-order valence-electron chi connectivity index (χ1n) is 5.21. The number of hydrogen-bond acceptors (Lipinski definition) is 1. The van der Waals surface area contributed by atoms with Gasteiger partial charge in [-0.2, -0.15) is 0 Å². The van der Waals surface area contributed by atoms with Crippen molar-refractivity contribution in [3.63, 3.8) is 0 Å². The fraction of sp³-hybridized carbons (Fsp3) is 1.00. The molecule has 0 aromatic heterocycles. The number of rotatable bonds is 5. The first-order valence-corrected chi connectivity index (χ1v) is 5.21. The molecule has 1 rings (SSSR count). The Balaban J connectivity index is 2.21. The predicted molar refractivity (Wildman–Crippen MR) is 52.1 cm³/mol. The van der Waals surface area contributed by atoms with E-state index in [1.54, 1.807) is 0 Å². The molecule has 1 aliphatic rings. The van der Waals surface area contributed by atoms with Gasteiger partial charge in [-0.15, -0.1) is 0 Å². The van der Waals surface area contributed by atoms with Gasteiger partial charge >= 0.3 is 0 Å². The molecule has 1 fully saturated rings. The molecule has 1 aliphatic carbocycles. The molecule has 0 heterocycles. The molecule has 72 valence electrons. The van der Waals surface area contributed by atoms with Crippen molar-refractivity contribution in [2.24, 2.45) is 17.8 Å². The van der Waals surface area contributed by atoms with Crippen molar-refractivity contribution in [3.05, 3.63) is 0 Å². The molecule has 3 unspecified atom stereocenters. The molecule has 0 aromatic rings. The maximum atomic E-state index is 5.46. The van der Waals surface area contributed by atoms with Gasteiger partial charge in [0.15, 0.2) is 0 Å². The van der Waals surface area contributed by atoms with Crippen LogP contribution in [-0.2, 0) is 4.74 Å². The maximum absolute atomic E-state index is 5.46. The minimum atomic E-state index is 0.492. The van der Waals surface area contributed by atoms with E-state index in [1.807, 2.05) is 7.11 Å². The lowest BCUT2D eigenvalue weighted by Crippen LogP contribution is -2.18. The molecule has 12 heavy (non-hydrogen) atoms. The van der Waals surface area contributed by atoms with Gasteiger partial charge in [0.05, 0.1) is 6.10 Å². The van der Waals surface area contributed by atoms with Gasteiger partial charge in [0.2, 0.25) is 0 Å². The van der Waals surface area contributed by atoms with Crippen molar-refractivity contribution in [1.82, 2.24) is 0 Å². The van der Waals surface area contributed by atoms with Gasteiger partial charge in [0.1, 0.15) is 0 Å². The van der Waals surface area contributed by atoms with Crippen LogP contribution in [-0.4, -0.2) is 13.2 Å². The lowest BCUT2D eigenvalue weighted by Gasteiger charge is -2.18. The molecule has 0 N–H and O–H groups in total. The highest BCUT2D eigenvalue weighted by atomic mass is 16.5. The molecule has 0 amide bonds. The van der Waals surface area contributed by atoms with Crippen LogP contribution in [0.3, 0.4) is 0 Å². The van der Waals surface area contributed by atoms with E-state index in [0.29, 0.717) is 12.0 Å². The van der Waals surface area contributed by atoms with Gasteiger partial charge in [-0.25, -0.2) is 0 Å². The Morgan fingerprint density at radius 2 is 2.00 bits per heavy atom. The summed E-state index contributed by atoms with van der Waals surface area (Å²) >= 11 is 0. The predicted octanol–water partition coefficient (Wildman–Crippen LogP) is 3.09. The van der Waals surface area contributed by atoms with Crippen molar-refractivity contribution < 1.29 is 4.74 Å². The van der Waals surface area contributed by atoms with Crippen LogP contribution in [0.4, 0.5) is 0 Å². The quantitative estimate of drug-likeness (QED) is 0.616. The summed E-state index contributed by atoms with van der Waals surface area (Å²) in [5.41, 5.74) is 0. The summed E-state index contributed by atoms with van der Waals surface area (Å²) in [4.78, 5) is 0. The number of hydrogen-bond donors (Lipinski definition) is 0. The average molecular weight is 170 g/mol. The molecule has 0 radical (unpaired) electrons. The van der Waals surface area contributed by atoms with Gasteiger partial charge in [0, 0.05) is 7.11 Å². The van der Waals surface area contributed by atoms with E-state index in [1.165, 1.54) is 19.3 Å². The summed E-state index contributed by atoms with van der Waals surface area (Å²) in [6.45, 7) is 6.79. The molecule has 0 saturated heterocycles. The Hall–Kier alpha value is -0.0400. The van der Waals surface area contributed by atoms with Crippen molar-refractivity contribution in [2.75, 3.05) is 7.11 Å². The second kappa shape index (κ2) is 4.27. The lowest BCUT2D eigenvalue weighted by molar-refractivity contribution is 0.0524. The lowest BCUT2D eigenvalue weighted by atomic mass is 10.0. The molecule has 0 aromatic carbocycles. The van der Waals surface area contributed by atoms with E-state index in [4.69, 9.17) is 4.74 Å². The molecule has 3 atom stereocenters. The van der Waals surface area contributed by atoms with Crippen molar-refractivity contribution in [1.29, 1.82) is 0 Å². The highest BCUT2D eigenvalue weighted by molar-refractivity contribution is 4.87. The minimum Gasteiger partial charge on any atom is -0.381 e. The van der Waals surface area contributed by atoms with E-state index in [-0.39, 0.29) is 0 Å². The van der Waals surface area contributed by atoms with Crippen LogP contribution in [0.5, 0.6) is 0 Å². The molecule has 1 saturated carbocycles. The smallest absolute Gasteiger partial charge is 0.0597 e. The van der Waals surface area contributed by atoms with Crippen molar-refractivity contribution in [3.8, 4) is 0 Å². The molecule has 0 aliphatic heterocycles. The van der Waals surface area contributed by atoms with Crippen LogP contribution in [0.15, 0.2) is 0 Å². The second-order valence-corrected chi connectivity index (χ2v) is 4.42. The molecule has 1 nitrogen and oxygen atoms in total. The van der Waals surface area contributed by atoms with Crippen LogP contribution in [0.1, 0.15) is 40.0 Å². The molecule has 0 spiro atoms. The van der Waals surface area contributed by atoms with Crippen LogP contribution >= 0.6 is 0 Å². The zero-order chi connectivity index (χ0) is 9.14. The van der Waals surface area contributed by atoms with Gasteiger partial charge in [-0.1, -0.05) is 27.2 Å². The highest BCUT2D eigenvalue weighted by Crippen LogP contribution is 2.45. The topological polar surface area (TPSA) is 9.23 Å². The van der Waals surface area contributed by atoms with Crippen LogP contribution in [0.25, 0.3) is 0 Å². The Labute approximate surface area is 76.5 Å². The molecular formula is C11H22O. The van der Waals surface area contributed by atoms with Gasteiger partial charge in [0.25, 0.3) is 0 Å². The van der Waals surface area contributed by atoms with Gasteiger partial charge < -0.3 is 4.74 Å². The normalized spacial score (nSPS) is 30.8. The highest BCUT2D eigenvalue weighted by Gasteiger charge is 2.37. The Morgan fingerprint density at radius 1 is 1.33 bits per heavy atom. The van der Waals surface area contributed by atoms with E-state index in [2.05, 4.69) is 20.8 Å². The zero-order valence-corrected chi connectivity index (χ0v) is 8.84. The zero-order valence-electron chi connectivity index (χ0n) is 8.84. The third-order valence-corrected chi connectivity index (χ3v) is 3.17. The minimum absolute atomic E-state index is 0.492. The summed E-state index contributed by atoms with van der Waals surface area (Å²) in [6, 6.07) is 0. The van der Waals surface area contributed by atoms with Gasteiger partial charge in [-0.3, -0.25) is 0 Å². The third kappa shape index (κ3) is 2.48. The van der Waals surface area contributed by atoms with E-state index >= 15 is 0 Å². The summed E-state index contributed by atoms with van der Waals surface area (Å²) in [5.74, 6) is 2.66. The SMILES string of the molecule is CCC1CC1CC(OC)C(C)C. The van der Waals surface area contributed by atoms with Gasteiger partial charge in [-0.05, 0) is 30.6 Å². The molecule has 0 bridgehead atoms. The first kappa shape index (κ1) is 10.0. The van der Waals surface area contributed by atoms with E-state index in [9.17, 15) is 0 Å². The van der Waals surface area contributed by atoms with E-state index in [0.717, 1.165) is 11.8 Å². The summed E-state index contributed by atoms with van der Waals surface area (Å²) < 4.78 is 5.46. The summed E-state index contributed by atoms with van der Waals surface area (Å²) in [7, 11) is 1.84. The maximum Gasteiger partial charge on any atom is 0.0597 e. The largest absolute Gasteiger partial charge is 0.381 e. The fourth-order valence-corrected chi connectivity index (χ4v) is 2.04. The standard InChI is InChI=1S/C11H22O/c1-5-9-6-10(9)7-11(12-4)8(2)3/h8-11H,5-7H2,1-4H3. The first-order chi connectivity index (χ1) is 5.69. The fourth-order valence-electron chi connectivity index (χ4n) is 2.04. The number of methoxy groups -OCH3 is 1. The van der Waals surface area contributed by atoms with E-state index < -0.39 is 0 Å². The second-order valence-electron chi connectivity index (χ2n) is 4.42. The summed E-state index contributed by atoms with van der Waals surface area (Å²) in [6.07, 6.45) is 4.58. The van der Waals surface area contributed by atoms with Crippen LogP contribution in [0, 0.1) is 17.8 Å².